The Hall–Kier alpha value is -0.580. The molecule has 2 rings (SSSR count). The predicted molar refractivity (Wildman–Crippen MR) is 64.2 cm³/mol. The van der Waals surface area contributed by atoms with Gasteiger partial charge in [-0.25, -0.2) is 8.42 Å². The van der Waals surface area contributed by atoms with Crippen molar-refractivity contribution in [1.82, 2.24) is 0 Å². The molecular weight excluding hydrogens is 246 g/mol. The first-order chi connectivity index (χ1) is 7.35. The van der Waals surface area contributed by atoms with Crippen LogP contribution in [0.2, 0.25) is 5.02 Å². The molecule has 0 saturated heterocycles. The lowest BCUT2D eigenvalue weighted by Gasteiger charge is -2.33. The highest BCUT2D eigenvalue weighted by atomic mass is 35.5. The SMILES string of the molecule is CC1C(N)c2cc(Cl)ccc2S(=O)(=O)C1C. The van der Waals surface area contributed by atoms with Crippen LogP contribution < -0.4 is 5.73 Å². The molecule has 0 bridgehead atoms. The summed E-state index contributed by atoms with van der Waals surface area (Å²) < 4.78 is 24.3. The average molecular weight is 260 g/mol. The Labute approximate surface area is 101 Å². The summed E-state index contributed by atoms with van der Waals surface area (Å²) >= 11 is 5.87. The summed E-state index contributed by atoms with van der Waals surface area (Å²) in [5.74, 6) is -0.101. The van der Waals surface area contributed by atoms with E-state index in [1.807, 2.05) is 6.92 Å². The molecule has 0 radical (unpaired) electrons. The molecule has 88 valence electrons. The van der Waals surface area contributed by atoms with E-state index in [1.54, 1.807) is 25.1 Å². The largest absolute Gasteiger partial charge is 0.324 e. The molecule has 1 aromatic rings. The summed E-state index contributed by atoms with van der Waals surface area (Å²) in [5.41, 5.74) is 6.68. The van der Waals surface area contributed by atoms with Crippen molar-refractivity contribution in [3.05, 3.63) is 28.8 Å². The molecular formula is C11H14ClNO2S. The van der Waals surface area contributed by atoms with Crippen molar-refractivity contribution in [2.24, 2.45) is 11.7 Å². The molecule has 0 fully saturated rings. The highest BCUT2D eigenvalue weighted by molar-refractivity contribution is 7.92. The van der Waals surface area contributed by atoms with E-state index in [2.05, 4.69) is 0 Å². The summed E-state index contributed by atoms with van der Waals surface area (Å²) in [6.07, 6.45) is 0. The first-order valence-electron chi connectivity index (χ1n) is 5.14. The molecule has 3 nitrogen and oxygen atoms in total. The third-order valence-corrected chi connectivity index (χ3v) is 6.06. The minimum absolute atomic E-state index is 0.101. The van der Waals surface area contributed by atoms with Crippen molar-refractivity contribution < 1.29 is 8.42 Å². The van der Waals surface area contributed by atoms with E-state index in [1.165, 1.54) is 0 Å². The summed E-state index contributed by atoms with van der Waals surface area (Å²) in [4.78, 5) is 0.329. The smallest absolute Gasteiger partial charge is 0.181 e. The number of benzene rings is 1. The monoisotopic (exact) mass is 259 g/mol. The Bertz CT molecular complexity index is 527. The zero-order valence-corrected chi connectivity index (χ0v) is 10.7. The van der Waals surface area contributed by atoms with Crippen molar-refractivity contribution in [2.45, 2.75) is 30.0 Å². The van der Waals surface area contributed by atoms with E-state index in [4.69, 9.17) is 17.3 Å². The predicted octanol–water partition coefficient (Wildman–Crippen LogP) is 2.15. The van der Waals surface area contributed by atoms with Gasteiger partial charge in [0.05, 0.1) is 10.1 Å². The lowest BCUT2D eigenvalue weighted by Crippen LogP contribution is -2.38. The van der Waals surface area contributed by atoms with E-state index in [0.717, 1.165) is 0 Å². The van der Waals surface area contributed by atoms with Crippen LogP contribution in [0.15, 0.2) is 23.1 Å². The number of nitrogens with two attached hydrogens (primary N) is 1. The minimum atomic E-state index is -3.26. The normalized spacial score (nSPS) is 32.1. The number of sulfone groups is 1. The van der Waals surface area contributed by atoms with Crippen LogP contribution in [0, 0.1) is 5.92 Å². The summed E-state index contributed by atoms with van der Waals surface area (Å²) in [7, 11) is -3.26. The van der Waals surface area contributed by atoms with Crippen LogP contribution in [0.3, 0.4) is 0 Å². The summed E-state index contributed by atoms with van der Waals surface area (Å²) in [5, 5.41) is 0.0716. The zero-order chi connectivity index (χ0) is 12.1. The molecule has 1 aliphatic rings. The standard InChI is InChI=1S/C11H14ClNO2S/c1-6-7(2)16(14,15)10-4-3-8(12)5-9(10)11(6)13/h3-7,11H,13H2,1-2H3. The Morgan fingerprint density at radius 3 is 2.56 bits per heavy atom. The number of fused-ring (bicyclic) bond motifs is 1. The van der Waals surface area contributed by atoms with Crippen LogP contribution in [-0.2, 0) is 9.84 Å². The van der Waals surface area contributed by atoms with Gasteiger partial charge in [0.25, 0.3) is 0 Å². The molecule has 2 N–H and O–H groups in total. The highest BCUT2D eigenvalue weighted by Gasteiger charge is 2.39. The van der Waals surface area contributed by atoms with E-state index in [-0.39, 0.29) is 12.0 Å². The van der Waals surface area contributed by atoms with E-state index < -0.39 is 15.1 Å². The zero-order valence-electron chi connectivity index (χ0n) is 9.14. The van der Waals surface area contributed by atoms with Gasteiger partial charge < -0.3 is 5.73 Å². The van der Waals surface area contributed by atoms with Crippen molar-refractivity contribution in [3.63, 3.8) is 0 Å². The molecule has 1 aliphatic heterocycles. The second-order valence-electron chi connectivity index (χ2n) is 4.32. The third kappa shape index (κ3) is 1.56. The Morgan fingerprint density at radius 2 is 1.94 bits per heavy atom. The van der Waals surface area contributed by atoms with E-state index in [9.17, 15) is 8.42 Å². The minimum Gasteiger partial charge on any atom is -0.324 e. The molecule has 5 heteroatoms. The van der Waals surface area contributed by atoms with Crippen molar-refractivity contribution in [1.29, 1.82) is 0 Å². The van der Waals surface area contributed by atoms with E-state index in [0.29, 0.717) is 15.5 Å². The maximum absolute atomic E-state index is 12.2. The second-order valence-corrected chi connectivity index (χ2v) is 7.03. The van der Waals surface area contributed by atoms with Crippen LogP contribution in [0.4, 0.5) is 0 Å². The van der Waals surface area contributed by atoms with Gasteiger partial charge in [0, 0.05) is 11.1 Å². The summed E-state index contributed by atoms with van der Waals surface area (Å²) in [6, 6.07) is 4.52. The van der Waals surface area contributed by atoms with Crippen LogP contribution in [-0.4, -0.2) is 13.7 Å². The molecule has 3 unspecified atom stereocenters. The maximum Gasteiger partial charge on any atom is 0.181 e. The second kappa shape index (κ2) is 3.72. The molecule has 16 heavy (non-hydrogen) atoms. The fourth-order valence-electron chi connectivity index (χ4n) is 2.10. The molecule has 1 heterocycles. The lowest BCUT2D eigenvalue weighted by atomic mass is 9.92. The quantitative estimate of drug-likeness (QED) is 0.777. The average Bonchev–Trinajstić information content (AvgIpc) is 2.24. The third-order valence-electron chi connectivity index (χ3n) is 3.43. The first-order valence-corrected chi connectivity index (χ1v) is 7.07. The molecule has 1 aromatic carbocycles. The van der Waals surface area contributed by atoms with Gasteiger partial charge in [-0.15, -0.1) is 0 Å². The van der Waals surface area contributed by atoms with Gasteiger partial charge in [-0.05, 0) is 36.6 Å². The van der Waals surface area contributed by atoms with Crippen LogP contribution in [0.5, 0.6) is 0 Å². The van der Waals surface area contributed by atoms with Crippen LogP contribution >= 0.6 is 11.6 Å². The molecule has 0 aliphatic carbocycles. The van der Waals surface area contributed by atoms with Crippen molar-refractivity contribution in [2.75, 3.05) is 0 Å². The highest BCUT2D eigenvalue weighted by Crippen LogP contribution is 2.39. The van der Waals surface area contributed by atoms with Crippen molar-refractivity contribution >= 4 is 21.4 Å². The van der Waals surface area contributed by atoms with Gasteiger partial charge in [-0.2, -0.15) is 0 Å². The van der Waals surface area contributed by atoms with Gasteiger partial charge in [-0.3, -0.25) is 0 Å². The molecule has 3 atom stereocenters. The number of hydrogen-bond acceptors (Lipinski definition) is 3. The van der Waals surface area contributed by atoms with Gasteiger partial charge >= 0.3 is 0 Å². The van der Waals surface area contributed by atoms with Gasteiger partial charge in [0.1, 0.15) is 0 Å². The molecule has 0 aromatic heterocycles. The lowest BCUT2D eigenvalue weighted by molar-refractivity contribution is 0.425. The first kappa shape index (κ1) is 11.9. The topological polar surface area (TPSA) is 60.2 Å². The Kier molecular flexibility index (Phi) is 2.77. The van der Waals surface area contributed by atoms with Gasteiger partial charge in [0.15, 0.2) is 9.84 Å². The van der Waals surface area contributed by atoms with Gasteiger partial charge in [-0.1, -0.05) is 18.5 Å². The Balaban J connectivity index is 2.73. The number of hydrogen-bond donors (Lipinski definition) is 1. The van der Waals surface area contributed by atoms with Crippen LogP contribution in [0.1, 0.15) is 25.5 Å². The fraction of sp³-hybridized carbons (Fsp3) is 0.455. The molecule has 0 amide bonds. The molecule has 0 spiro atoms. The van der Waals surface area contributed by atoms with E-state index >= 15 is 0 Å². The molecule has 0 saturated carbocycles. The van der Waals surface area contributed by atoms with Crippen LogP contribution in [0.25, 0.3) is 0 Å². The fourth-order valence-corrected chi connectivity index (χ4v) is 4.19. The number of rotatable bonds is 0. The Morgan fingerprint density at radius 1 is 1.31 bits per heavy atom. The summed E-state index contributed by atoms with van der Waals surface area (Å²) in [6.45, 7) is 3.56. The van der Waals surface area contributed by atoms with Crippen molar-refractivity contribution in [3.8, 4) is 0 Å². The maximum atomic E-state index is 12.2. The number of halogens is 1. The van der Waals surface area contributed by atoms with Gasteiger partial charge in [0.2, 0.25) is 0 Å².